The largest absolute Gasteiger partial charge is 0.449 e. The number of ether oxygens (including phenoxy) is 1. The van der Waals surface area contributed by atoms with Crippen molar-refractivity contribution in [1.82, 2.24) is 9.71 Å². The number of cyclic esters (lactones) is 1. The molecule has 2 rings (SSSR count). The molecule has 0 aromatic heterocycles. The maximum absolute atomic E-state index is 11.5. The Hall–Kier alpha value is -0.745. The van der Waals surface area contributed by atoms with Gasteiger partial charge in [-0.1, -0.05) is 0 Å². The van der Waals surface area contributed by atoms with Gasteiger partial charge in [0.15, 0.2) is 0 Å². The van der Waals surface area contributed by atoms with E-state index in [-0.39, 0.29) is 13.1 Å². The molecule has 0 unspecified atom stereocenters. The highest BCUT2D eigenvalue weighted by molar-refractivity contribution is 6.45. The summed E-state index contributed by atoms with van der Waals surface area (Å²) >= 11 is 0. The van der Waals surface area contributed by atoms with E-state index in [0.29, 0.717) is 12.6 Å². The van der Waals surface area contributed by atoms with Gasteiger partial charge < -0.3 is 19.5 Å². The van der Waals surface area contributed by atoms with Gasteiger partial charge >= 0.3 is 13.1 Å². The summed E-state index contributed by atoms with van der Waals surface area (Å²) < 4.78 is 5.04. The molecule has 2 aliphatic rings. The van der Waals surface area contributed by atoms with Crippen molar-refractivity contribution in [3.05, 3.63) is 0 Å². The quantitative estimate of drug-likeness (QED) is 0.692. The first-order chi connectivity index (χ1) is 7.68. The zero-order valence-corrected chi connectivity index (χ0v) is 9.76. The Balaban J connectivity index is 1.86. The monoisotopic (exact) mass is 226 g/mol. The Kier molecular flexibility index (Phi) is 3.71. The zero-order chi connectivity index (χ0) is 11.5. The van der Waals surface area contributed by atoms with Gasteiger partial charge in [0.1, 0.15) is 0 Å². The van der Waals surface area contributed by atoms with Crippen LogP contribution in [0.1, 0.15) is 19.3 Å². The molecule has 2 aliphatic heterocycles. The van der Waals surface area contributed by atoms with Crippen LogP contribution < -0.4 is 0 Å². The van der Waals surface area contributed by atoms with Gasteiger partial charge in [-0.15, -0.1) is 0 Å². The van der Waals surface area contributed by atoms with E-state index in [1.807, 2.05) is 9.71 Å². The number of hydrogen-bond acceptors (Lipinski definition) is 4. The Morgan fingerprint density at radius 3 is 2.62 bits per heavy atom. The van der Waals surface area contributed by atoms with Gasteiger partial charge in [-0.05, 0) is 39.2 Å². The lowest BCUT2D eigenvalue weighted by molar-refractivity contribution is 0.0432. The van der Waals surface area contributed by atoms with E-state index in [9.17, 15) is 9.82 Å². The van der Waals surface area contributed by atoms with Crippen molar-refractivity contribution in [1.29, 1.82) is 0 Å². The van der Waals surface area contributed by atoms with Crippen LogP contribution in [0.15, 0.2) is 0 Å². The van der Waals surface area contributed by atoms with Gasteiger partial charge in [0, 0.05) is 12.6 Å². The number of amides is 1. The molecule has 2 saturated heterocycles. The molecule has 0 atom stereocenters. The molecular weight excluding hydrogens is 207 g/mol. The molecule has 6 heteroatoms. The predicted molar refractivity (Wildman–Crippen MR) is 61.1 cm³/mol. The van der Waals surface area contributed by atoms with E-state index >= 15 is 0 Å². The van der Waals surface area contributed by atoms with Gasteiger partial charge in [0.25, 0.3) is 0 Å². The van der Waals surface area contributed by atoms with Crippen LogP contribution in [0.4, 0.5) is 4.79 Å². The van der Waals surface area contributed by atoms with E-state index in [2.05, 4.69) is 0 Å². The van der Waals surface area contributed by atoms with E-state index in [1.54, 1.807) is 6.82 Å². The molecule has 2 heterocycles. The Morgan fingerprint density at radius 1 is 1.38 bits per heavy atom. The van der Waals surface area contributed by atoms with Crippen LogP contribution in [0.5, 0.6) is 0 Å². The van der Waals surface area contributed by atoms with Crippen LogP contribution in [0, 0.1) is 0 Å². The molecule has 90 valence electrons. The molecule has 5 nitrogen and oxygen atoms in total. The summed E-state index contributed by atoms with van der Waals surface area (Å²) in [6, 6.07) is 0.294. The second-order valence-corrected chi connectivity index (χ2v) is 4.56. The van der Waals surface area contributed by atoms with Gasteiger partial charge in [0.2, 0.25) is 0 Å². The number of nitrogens with zero attached hydrogens (tertiary/aromatic N) is 2. The van der Waals surface area contributed by atoms with Crippen molar-refractivity contribution in [2.45, 2.75) is 32.1 Å². The standard InChI is InChI=1S/C10H19BN2O3/c1-11(15)12-6-3-9(4-7-12)13-5-2-8-16-10(13)14/h9,15H,2-8H2,1H3. The van der Waals surface area contributed by atoms with Crippen molar-refractivity contribution >= 4 is 13.1 Å². The topological polar surface area (TPSA) is 53.0 Å². The van der Waals surface area contributed by atoms with Crippen molar-refractivity contribution in [2.75, 3.05) is 26.2 Å². The van der Waals surface area contributed by atoms with Crippen molar-refractivity contribution < 1.29 is 14.6 Å². The lowest BCUT2D eigenvalue weighted by Gasteiger charge is -2.39. The molecule has 0 radical (unpaired) electrons. The summed E-state index contributed by atoms with van der Waals surface area (Å²) in [4.78, 5) is 15.4. The summed E-state index contributed by atoms with van der Waals surface area (Å²) in [5, 5.41) is 9.45. The summed E-state index contributed by atoms with van der Waals surface area (Å²) in [6.07, 6.45) is 2.63. The Labute approximate surface area is 96.5 Å². The number of carbonyl (C=O) groups excluding carboxylic acids is 1. The SMILES string of the molecule is CB(O)N1CCC(N2CCCOC2=O)CC1. The predicted octanol–water partition coefficient (Wildman–Crippen LogP) is 0.403. The number of piperidine rings is 1. The molecule has 2 fully saturated rings. The average molecular weight is 226 g/mol. The number of hydrogen-bond donors (Lipinski definition) is 1. The lowest BCUT2D eigenvalue weighted by atomic mass is 9.82. The average Bonchev–Trinajstić information content (AvgIpc) is 2.30. The van der Waals surface area contributed by atoms with Crippen molar-refractivity contribution in [2.24, 2.45) is 0 Å². The Morgan fingerprint density at radius 2 is 2.06 bits per heavy atom. The fourth-order valence-electron chi connectivity index (χ4n) is 2.47. The molecule has 0 spiro atoms. The van der Waals surface area contributed by atoms with Gasteiger partial charge in [-0.25, -0.2) is 4.79 Å². The first kappa shape index (κ1) is 11.7. The minimum Gasteiger partial charge on any atom is -0.449 e. The van der Waals surface area contributed by atoms with Gasteiger partial charge in [-0.3, -0.25) is 0 Å². The number of rotatable bonds is 2. The first-order valence-electron chi connectivity index (χ1n) is 6.04. The molecule has 0 aromatic carbocycles. The first-order valence-corrected chi connectivity index (χ1v) is 6.04. The minimum atomic E-state index is -0.380. The highest BCUT2D eigenvalue weighted by Gasteiger charge is 2.32. The normalized spacial score (nSPS) is 24.4. The van der Waals surface area contributed by atoms with Crippen LogP contribution in [-0.4, -0.2) is 60.2 Å². The smallest absolute Gasteiger partial charge is 0.410 e. The van der Waals surface area contributed by atoms with Crippen LogP contribution >= 0.6 is 0 Å². The van der Waals surface area contributed by atoms with E-state index in [0.717, 1.165) is 38.9 Å². The van der Waals surface area contributed by atoms with Crippen LogP contribution in [0.2, 0.25) is 6.82 Å². The third-order valence-corrected chi connectivity index (χ3v) is 3.47. The fraction of sp³-hybridized carbons (Fsp3) is 0.900. The second-order valence-electron chi connectivity index (χ2n) is 4.56. The molecule has 1 amide bonds. The highest BCUT2D eigenvalue weighted by atomic mass is 16.6. The van der Waals surface area contributed by atoms with Crippen LogP contribution in [0.3, 0.4) is 0 Å². The van der Waals surface area contributed by atoms with Crippen LogP contribution in [0.25, 0.3) is 0 Å². The molecule has 0 aliphatic carbocycles. The third kappa shape index (κ3) is 2.49. The molecule has 0 saturated carbocycles. The fourth-order valence-corrected chi connectivity index (χ4v) is 2.47. The van der Waals surface area contributed by atoms with Crippen molar-refractivity contribution in [3.63, 3.8) is 0 Å². The van der Waals surface area contributed by atoms with E-state index in [4.69, 9.17) is 4.74 Å². The third-order valence-electron chi connectivity index (χ3n) is 3.47. The van der Waals surface area contributed by atoms with E-state index in [1.165, 1.54) is 0 Å². The van der Waals surface area contributed by atoms with E-state index < -0.39 is 0 Å². The number of carbonyl (C=O) groups is 1. The molecule has 16 heavy (non-hydrogen) atoms. The summed E-state index contributed by atoms with van der Waals surface area (Å²) in [5.41, 5.74) is 0. The molecular formula is C10H19BN2O3. The summed E-state index contributed by atoms with van der Waals surface area (Å²) in [5.74, 6) is 0. The van der Waals surface area contributed by atoms with Gasteiger partial charge in [-0.2, -0.15) is 0 Å². The molecule has 1 N–H and O–H groups in total. The van der Waals surface area contributed by atoms with Crippen molar-refractivity contribution in [3.8, 4) is 0 Å². The highest BCUT2D eigenvalue weighted by Crippen LogP contribution is 2.20. The second kappa shape index (κ2) is 5.06. The minimum absolute atomic E-state index is 0.165. The maximum atomic E-state index is 11.5. The van der Waals surface area contributed by atoms with Crippen LogP contribution in [-0.2, 0) is 4.74 Å². The lowest BCUT2D eigenvalue weighted by Crippen LogP contribution is -2.52. The summed E-state index contributed by atoms with van der Waals surface area (Å²) in [7, 11) is -0.380. The molecule has 0 bridgehead atoms. The molecule has 0 aromatic rings. The maximum Gasteiger partial charge on any atom is 0.410 e. The Bertz CT molecular complexity index is 254. The zero-order valence-electron chi connectivity index (χ0n) is 9.76. The summed E-state index contributed by atoms with van der Waals surface area (Å²) in [6.45, 7) is 4.87. The van der Waals surface area contributed by atoms with Gasteiger partial charge in [0.05, 0.1) is 6.61 Å².